The van der Waals surface area contributed by atoms with Crippen LogP contribution in [0.3, 0.4) is 0 Å². The van der Waals surface area contributed by atoms with Gasteiger partial charge in [-0.3, -0.25) is 15.1 Å². The molecule has 134 valence electrons. The van der Waals surface area contributed by atoms with Crippen molar-refractivity contribution < 1.29 is 9.18 Å². The number of nitrogens with one attached hydrogen (secondary N) is 2. The number of carbonyl (C=O) groups is 1. The summed E-state index contributed by atoms with van der Waals surface area (Å²) in [5.41, 5.74) is 3.72. The number of nitrogens with zero attached hydrogens (tertiary/aromatic N) is 1. The zero-order chi connectivity index (χ0) is 18.4. The van der Waals surface area contributed by atoms with Gasteiger partial charge in [0.1, 0.15) is 5.82 Å². The number of pyridine rings is 1. The van der Waals surface area contributed by atoms with Gasteiger partial charge in [-0.15, -0.1) is 0 Å². The fourth-order valence-corrected chi connectivity index (χ4v) is 2.78. The summed E-state index contributed by atoms with van der Waals surface area (Å²) in [5, 5.41) is 6.01. The number of halogens is 1. The summed E-state index contributed by atoms with van der Waals surface area (Å²) in [4.78, 5) is 16.2. The van der Waals surface area contributed by atoms with Gasteiger partial charge in [0.15, 0.2) is 0 Å². The quantitative estimate of drug-likeness (QED) is 0.811. The first kappa shape index (κ1) is 19.1. The lowest BCUT2D eigenvalue weighted by Crippen LogP contribution is -2.42. The second-order valence-electron chi connectivity index (χ2n) is 6.41. The third-order valence-electron chi connectivity index (χ3n) is 4.37. The molecule has 2 atom stereocenters. The van der Waals surface area contributed by atoms with Gasteiger partial charge in [-0.25, -0.2) is 4.39 Å². The molecule has 0 saturated heterocycles. The molecule has 0 saturated carbocycles. The van der Waals surface area contributed by atoms with Crippen LogP contribution < -0.4 is 10.6 Å². The lowest BCUT2D eigenvalue weighted by molar-refractivity contribution is -0.122. The molecule has 0 unspecified atom stereocenters. The lowest BCUT2D eigenvalue weighted by atomic mass is 9.97. The number of hydrogen-bond acceptors (Lipinski definition) is 3. The molecule has 0 aliphatic rings. The number of likely N-dealkylation sites (N-methyl/N-ethyl adjacent to an activating group) is 1. The summed E-state index contributed by atoms with van der Waals surface area (Å²) in [5.74, 6) is -0.287. The first-order chi connectivity index (χ1) is 11.9. The SMILES string of the molecule is CNC(=O)[C@H](C)N[C@H](CCc1ccc(C)nc1)c1ccc(F)c(C)c1. The summed E-state index contributed by atoms with van der Waals surface area (Å²) in [6, 6.07) is 8.78. The fraction of sp³-hybridized carbons (Fsp3) is 0.400. The van der Waals surface area contributed by atoms with Crippen molar-refractivity contribution >= 4 is 5.91 Å². The largest absolute Gasteiger partial charge is 0.358 e. The molecule has 2 N–H and O–H groups in total. The molecule has 0 aliphatic carbocycles. The van der Waals surface area contributed by atoms with E-state index in [0.29, 0.717) is 5.56 Å². The normalized spacial score (nSPS) is 13.3. The van der Waals surface area contributed by atoms with Crippen molar-refractivity contribution in [3.05, 3.63) is 64.7 Å². The second kappa shape index (κ2) is 8.72. The zero-order valence-electron chi connectivity index (χ0n) is 15.3. The monoisotopic (exact) mass is 343 g/mol. The van der Waals surface area contributed by atoms with Gasteiger partial charge in [-0.2, -0.15) is 0 Å². The molecule has 2 rings (SSSR count). The molecule has 5 heteroatoms. The van der Waals surface area contributed by atoms with Crippen LogP contribution in [0.25, 0.3) is 0 Å². The number of aryl methyl sites for hydroxylation is 3. The minimum Gasteiger partial charge on any atom is -0.358 e. The fourth-order valence-electron chi connectivity index (χ4n) is 2.78. The Morgan fingerprint density at radius 3 is 2.60 bits per heavy atom. The molecule has 1 amide bonds. The average molecular weight is 343 g/mol. The van der Waals surface area contributed by atoms with E-state index in [0.717, 1.165) is 29.7 Å². The summed E-state index contributed by atoms with van der Waals surface area (Å²) < 4.78 is 13.6. The number of benzene rings is 1. The summed E-state index contributed by atoms with van der Waals surface area (Å²) in [7, 11) is 1.62. The second-order valence-corrected chi connectivity index (χ2v) is 6.41. The van der Waals surface area contributed by atoms with E-state index in [1.165, 1.54) is 6.07 Å². The van der Waals surface area contributed by atoms with Crippen molar-refractivity contribution in [1.82, 2.24) is 15.6 Å². The third kappa shape index (κ3) is 5.36. The molecule has 0 spiro atoms. The summed E-state index contributed by atoms with van der Waals surface area (Å²) in [6.45, 7) is 5.54. The lowest BCUT2D eigenvalue weighted by Gasteiger charge is -2.23. The number of carbonyl (C=O) groups excluding carboxylic acids is 1. The van der Waals surface area contributed by atoms with Gasteiger partial charge in [0.25, 0.3) is 0 Å². The third-order valence-corrected chi connectivity index (χ3v) is 4.37. The molecular formula is C20H26FN3O. The van der Waals surface area contributed by atoms with E-state index in [4.69, 9.17) is 0 Å². The van der Waals surface area contributed by atoms with E-state index in [1.807, 2.05) is 32.2 Å². The zero-order valence-corrected chi connectivity index (χ0v) is 15.3. The van der Waals surface area contributed by atoms with Crippen LogP contribution in [0.2, 0.25) is 0 Å². The van der Waals surface area contributed by atoms with Gasteiger partial charge >= 0.3 is 0 Å². The molecule has 0 bridgehead atoms. The van der Waals surface area contributed by atoms with E-state index >= 15 is 0 Å². The van der Waals surface area contributed by atoms with Crippen molar-refractivity contribution in [2.75, 3.05) is 7.05 Å². The molecule has 1 aromatic heterocycles. The summed E-state index contributed by atoms with van der Waals surface area (Å²) in [6.07, 6.45) is 3.49. The Labute approximate surface area is 148 Å². The minimum absolute atomic E-state index is 0.0482. The van der Waals surface area contributed by atoms with Crippen molar-refractivity contribution in [3.8, 4) is 0 Å². The van der Waals surface area contributed by atoms with Crippen LogP contribution in [0.15, 0.2) is 36.5 Å². The maximum Gasteiger partial charge on any atom is 0.236 e. The van der Waals surface area contributed by atoms with Crippen LogP contribution in [0.5, 0.6) is 0 Å². The topological polar surface area (TPSA) is 54.0 Å². The molecule has 0 radical (unpaired) electrons. The first-order valence-electron chi connectivity index (χ1n) is 8.56. The van der Waals surface area contributed by atoms with E-state index in [-0.39, 0.29) is 23.8 Å². The van der Waals surface area contributed by atoms with Gasteiger partial charge in [0.2, 0.25) is 5.91 Å². The Kier molecular flexibility index (Phi) is 6.65. The molecule has 0 aliphatic heterocycles. The predicted molar refractivity (Wildman–Crippen MR) is 97.8 cm³/mol. The minimum atomic E-state index is -0.337. The maximum atomic E-state index is 13.6. The van der Waals surface area contributed by atoms with Crippen LogP contribution in [-0.4, -0.2) is 24.0 Å². The highest BCUT2D eigenvalue weighted by Crippen LogP contribution is 2.22. The molecule has 2 aromatic rings. The van der Waals surface area contributed by atoms with Crippen molar-refractivity contribution in [1.29, 1.82) is 0 Å². The molecular weight excluding hydrogens is 317 g/mol. The highest BCUT2D eigenvalue weighted by atomic mass is 19.1. The number of rotatable bonds is 7. The number of aromatic nitrogens is 1. The van der Waals surface area contributed by atoms with E-state index in [9.17, 15) is 9.18 Å². The number of amides is 1. The Balaban J connectivity index is 2.16. The van der Waals surface area contributed by atoms with Crippen molar-refractivity contribution in [3.63, 3.8) is 0 Å². The van der Waals surface area contributed by atoms with Crippen LogP contribution in [0, 0.1) is 19.7 Å². The van der Waals surface area contributed by atoms with Gasteiger partial charge in [-0.1, -0.05) is 18.2 Å². The highest BCUT2D eigenvalue weighted by molar-refractivity contribution is 5.81. The molecule has 4 nitrogen and oxygen atoms in total. The standard InChI is InChI=1S/C20H26FN3O/c1-13-11-17(8-9-18(13)21)19(24-15(3)20(25)22-4)10-7-16-6-5-14(2)23-12-16/h5-6,8-9,11-12,15,19,24H,7,10H2,1-4H3,(H,22,25)/t15-,19+/m0/s1. The smallest absolute Gasteiger partial charge is 0.236 e. The van der Waals surface area contributed by atoms with Crippen LogP contribution >= 0.6 is 0 Å². The molecule has 1 heterocycles. The maximum absolute atomic E-state index is 13.6. The molecule has 25 heavy (non-hydrogen) atoms. The van der Waals surface area contributed by atoms with Gasteiger partial charge < -0.3 is 5.32 Å². The van der Waals surface area contributed by atoms with Crippen LogP contribution in [0.4, 0.5) is 4.39 Å². The van der Waals surface area contributed by atoms with Gasteiger partial charge in [-0.05, 0) is 62.4 Å². The van der Waals surface area contributed by atoms with E-state index < -0.39 is 0 Å². The van der Waals surface area contributed by atoms with E-state index in [1.54, 1.807) is 20.0 Å². The van der Waals surface area contributed by atoms with Gasteiger partial charge in [0.05, 0.1) is 6.04 Å². The highest BCUT2D eigenvalue weighted by Gasteiger charge is 2.19. The first-order valence-corrected chi connectivity index (χ1v) is 8.56. The van der Waals surface area contributed by atoms with Crippen LogP contribution in [0.1, 0.15) is 41.8 Å². The van der Waals surface area contributed by atoms with Crippen molar-refractivity contribution in [2.24, 2.45) is 0 Å². The predicted octanol–water partition coefficient (Wildman–Crippen LogP) is 3.24. The van der Waals surface area contributed by atoms with Crippen molar-refractivity contribution in [2.45, 2.75) is 45.7 Å². The Morgan fingerprint density at radius 2 is 2.00 bits per heavy atom. The Hall–Kier alpha value is -2.27. The Bertz CT molecular complexity index is 715. The van der Waals surface area contributed by atoms with Gasteiger partial charge in [0, 0.05) is 25.0 Å². The number of hydrogen-bond donors (Lipinski definition) is 2. The molecule has 1 aromatic carbocycles. The summed E-state index contributed by atoms with van der Waals surface area (Å²) >= 11 is 0. The van der Waals surface area contributed by atoms with Crippen LogP contribution in [-0.2, 0) is 11.2 Å². The van der Waals surface area contributed by atoms with E-state index in [2.05, 4.69) is 21.7 Å². The average Bonchev–Trinajstić information content (AvgIpc) is 2.61. The molecule has 0 fully saturated rings. The Morgan fingerprint density at radius 1 is 1.24 bits per heavy atom.